The molecule has 0 bridgehead atoms. The molecule has 4 nitrogen and oxygen atoms in total. The zero-order valence-electron chi connectivity index (χ0n) is 7.74. The average Bonchev–Trinajstić information content (AvgIpc) is 2.16. The van der Waals surface area contributed by atoms with E-state index in [9.17, 15) is 14.9 Å². The van der Waals surface area contributed by atoms with Gasteiger partial charge in [0.05, 0.1) is 10.3 Å². The maximum absolute atomic E-state index is 11.5. The molecule has 0 saturated heterocycles. The van der Waals surface area contributed by atoms with E-state index in [2.05, 4.69) is 15.9 Å². The van der Waals surface area contributed by atoms with E-state index < -0.39 is 10.3 Å². The van der Waals surface area contributed by atoms with Gasteiger partial charge in [0.15, 0.2) is 5.78 Å². The summed E-state index contributed by atoms with van der Waals surface area (Å²) >= 11 is 8.73. The molecule has 0 aromatic heterocycles. The van der Waals surface area contributed by atoms with Gasteiger partial charge in [0.1, 0.15) is 0 Å². The zero-order chi connectivity index (χ0) is 11.6. The average molecular weight is 293 g/mol. The first-order valence-electron chi connectivity index (χ1n) is 4.05. The summed E-state index contributed by atoms with van der Waals surface area (Å²) in [5.41, 5.74) is 0.281. The third kappa shape index (κ3) is 2.76. The van der Waals surface area contributed by atoms with E-state index in [4.69, 9.17) is 11.6 Å². The Labute approximate surface area is 99.5 Å². The number of hydrogen-bond donors (Lipinski definition) is 0. The minimum absolute atomic E-state index is 0.0688. The van der Waals surface area contributed by atoms with Crippen LogP contribution >= 0.6 is 27.5 Å². The molecule has 0 aliphatic rings. The quantitative estimate of drug-likeness (QED) is 0.372. The molecule has 0 N–H and O–H groups in total. The highest BCUT2D eigenvalue weighted by Gasteiger charge is 2.17. The van der Waals surface area contributed by atoms with Crippen molar-refractivity contribution in [2.45, 2.75) is 12.3 Å². The summed E-state index contributed by atoms with van der Waals surface area (Å²) in [5.74, 6) is -0.265. The lowest BCUT2D eigenvalue weighted by Gasteiger charge is -2.04. The standard InChI is InChI=1S/C9H7BrClNO3/c1-5(11)9(13)7-3-2-6(12(14)15)4-8(7)10/h2-5H,1H3. The van der Waals surface area contributed by atoms with E-state index in [0.717, 1.165) is 0 Å². The summed E-state index contributed by atoms with van der Waals surface area (Å²) in [6.07, 6.45) is 0. The van der Waals surface area contributed by atoms with Crippen molar-refractivity contribution in [1.82, 2.24) is 0 Å². The number of carbonyl (C=O) groups is 1. The Hall–Kier alpha value is -0.940. The molecule has 0 spiro atoms. The Morgan fingerprint density at radius 1 is 1.60 bits per heavy atom. The van der Waals surface area contributed by atoms with Gasteiger partial charge in [-0.05, 0) is 28.9 Å². The zero-order valence-corrected chi connectivity index (χ0v) is 10.1. The SMILES string of the molecule is CC(Cl)C(=O)c1ccc([N+](=O)[O-])cc1Br. The van der Waals surface area contributed by atoms with Crippen LogP contribution in [0.4, 0.5) is 5.69 Å². The Kier molecular flexibility index (Phi) is 3.82. The monoisotopic (exact) mass is 291 g/mol. The summed E-state index contributed by atoms with van der Waals surface area (Å²) in [6, 6.07) is 3.95. The number of nitrogens with zero attached hydrogens (tertiary/aromatic N) is 1. The third-order valence-electron chi connectivity index (χ3n) is 1.79. The van der Waals surface area contributed by atoms with Crippen LogP contribution in [0, 0.1) is 10.1 Å². The van der Waals surface area contributed by atoms with E-state index in [0.29, 0.717) is 10.0 Å². The van der Waals surface area contributed by atoms with Crippen molar-refractivity contribution in [3.63, 3.8) is 0 Å². The third-order valence-corrected chi connectivity index (χ3v) is 2.64. The lowest BCUT2D eigenvalue weighted by molar-refractivity contribution is -0.384. The van der Waals surface area contributed by atoms with Gasteiger partial charge in [0.2, 0.25) is 0 Å². The fourth-order valence-corrected chi connectivity index (χ4v) is 1.71. The number of hydrogen-bond acceptors (Lipinski definition) is 3. The van der Waals surface area contributed by atoms with Crippen LogP contribution in [0.25, 0.3) is 0 Å². The maximum Gasteiger partial charge on any atom is 0.270 e. The first-order chi connectivity index (χ1) is 6.93. The lowest BCUT2D eigenvalue weighted by Crippen LogP contribution is -2.11. The predicted octanol–water partition coefficient (Wildman–Crippen LogP) is 3.17. The number of alkyl halides is 1. The summed E-state index contributed by atoms with van der Waals surface area (Å²) in [5, 5.41) is 9.79. The topological polar surface area (TPSA) is 60.2 Å². The maximum atomic E-state index is 11.5. The Bertz CT molecular complexity index is 420. The van der Waals surface area contributed by atoms with Crippen LogP contribution in [0.3, 0.4) is 0 Å². The molecule has 0 radical (unpaired) electrons. The van der Waals surface area contributed by atoms with Crippen LogP contribution in [-0.4, -0.2) is 16.1 Å². The first kappa shape index (κ1) is 12.1. The van der Waals surface area contributed by atoms with E-state index in [1.165, 1.54) is 18.2 Å². The molecule has 0 aliphatic heterocycles. The number of Topliss-reactive ketones (excluding diaryl/α,β-unsaturated/α-hetero) is 1. The van der Waals surface area contributed by atoms with Crippen molar-refractivity contribution in [2.24, 2.45) is 0 Å². The van der Waals surface area contributed by atoms with Crippen molar-refractivity contribution in [2.75, 3.05) is 0 Å². The number of non-ortho nitro benzene ring substituents is 1. The van der Waals surface area contributed by atoms with Crippen LogP contribution < -0.4 is 0 Å². The van der Waals surface area contributed by atoms with Crippen LogP contribution in [0.1, 0.15) is 17.3 Å². The molecule has 80 valence electrons. The van der Waals surface area contributed by atoms with Gasteiger partial charge in [-0.3, -0.25) is 14.9 Å². The van der Waals surface area contributed by atoms with Gasteiger partial charge in [-0.15, -0.1) is 11.6 Å². The van der Waals surface area contributed by atoms with E-state index in [1.54, 1.807) is 6.92 Å². The largest absolute Gasteiger partial charge is 0.292 e. The molecule has 1 aromatic rings. The fourth-order valence-electron chi connectivity index (χ4n) is 1.03. The number of nitro groups is 1. The van der Waals surface area contributed by atoms with Gasteiger partial charge in [-0.2, -0.15) is 0 Å². The van der Waals surface area contributed by atoms with E-state index in [1.807, 2.05) is 0 Å². The number of benzene rings is 1. The minimum atomic E-state index is -0.650. The molecular formula is C9H7BrClNO3. The molecular weight excluding hydrogens is 285 g/mol. The number of halogens is 2. The van der Waals surface area contributed by atoms with E-state index in [-0.39, 0.29) is 11.5 Å². The molecule has 0 fully saturated rings. The second-order valence-electron chi connectivity index (χ2n) is 2.90. The highest BCUT2D eigenvalue weighted by atomic mass is 79.9. The van der Waals surface area contributed by atoms with Crippen LogP contribution in [-0.2, 0) is 0 Å². The molecule has 15 heavy (non-hydrogen) atoms. The lowest BCUT2D eigenvalue weighted by atomic mass is 10.1. The molecule has 1 aromatic carbocycles. The molecule has 0 amide bonds. The molecule has 0 heterocycles. The van der Waals surface area contributed by atoms with Gasteiger partial charge < -0.3 is 0 Å². The predicted molar refractivity (Wildman–Crippen MR) is 60.4 cm³/mol. The van der Waals surface area contributed by atoms with Crippen molar-refractivity contribution in [3.05, 3.63) is 38.3 Å². The summed E-state index contributed by atoms with van der Waals surface area (Å²) in [7, 11) is 0. The van der Waals surface area contributed by atoms with Gasteiger partial charge in [0.25, 0.3) is 5.69 Å². The van der Waals surface area contributed by atoms with Crippen molar-refractivity contribution >= 4 is 39.0 Å². The fraction of sp³-hybridized carbons (Fsp3) is 0.222. The van der Waals surface area contributed by atoms with Crippen LogP contribution in [0.5, 0.6) is 0 Å². The molecule has 1 atom stereocenters. The molecule has 0 aliphatic carbocycles. The number of nitro benzene ring substituents is 1. The van der Waals surface area contributed by atoms with Crippen LogP contribution in [0.15, 0.2) is 22.7 Å². The molecule has 1 rings (SSSR count). The molecule has 0 saturated carbocycles. The highest BCUT2D eigenvalue weighted by molar-refractivity contribution is 9.10. The van der Waals surface area contributed by atoms with Gasteiger partial charge in [-0.1, -0.05) is 0 Å². The first-order valence-corrected chi connectivity index (χ1v) is 5.28. The van der Waals surface area contributed by atoms with Gasteiger partial charge >= 0.3 is 0 Å². The molecule has 6 heteroatoms. The molecule has 1 unspecified atom stereocenters. The van der Waals surface area contributed by atoms with Crippen molar-refractivity contribution in [1.29, 1.82) is 0 Å². The summed E-state index contributed by atoms with van der Waals surface area (Å²) < 4.78 is 0.384. The van der Waals surface area contributed by atoms with E-state index >= 15 is 0 Å². The smallest absolute Gasteiger partial charge is 0.270 e. The van der Waals surface area contributed by atoms with Gasteiger partial charge in [-0.25, -0.2) is 0 Å². The van der Waals surface area contributed by atoms with Gasteiger partial charge in [0, 0.05) is 22.2 Å². The highest BCUT2D eigenvalue weighted by Crippen LogP contribution is 2.24. The number of ketones is 1. The number of rotatable bonds is 3. The summed E-state index contributed by atoms with van der Waals surface area (Å²) in [4.78, 5) is 21.4. The second kappa shape index (κ2) is 4.72. The minimum Gasteiger partial charge on any atom is -0.292 e. The Balaban J connectivity index is 3.14. The summed E-state index contributed by atoms with van der Waals surface area (Å²) in [6.45, 7) is 1.55. The van der Waals surface area contributed by atoms with Crippen molar-refractivity contribution < 1.29 is 9.72 Å². The van der Waals surface area contributed by atoms with Crippen molar-refractivity contribution in [3.8, 4) is 0 Å². The normalized spacial score (nSPS) is 12.2. The van der Waals surface area contributed by atoms with Crippen LogP contribution in [0.2, 0.25) is 0 Å². The number of carbonyl (C=O) groups excluding carboxylic acids is 1. The Morgan fingerprint density at radius 2 is 2.20 bits per heavy atom. The Morgan fingerprint density at radius 3 is 2.60 bits per heavy atom. The second-order valence-corrected chi connectivity index (χ2v) is 4.41.